The topological polar surface area (TPSA) is 108 Å². The average molecular weight is 344 g/mol. The Hall–Kier alpha value is -2.32. The Morgan fingerprint density at radius 2 is 2.24 bits per heavy atom. The molecule has 0 radical (unpaired) electrons. The van der Waals surface area contributed by atoms with Crippen LogP contribution >= 0.6 is 0 Å². The van der Waals surface area contributed by atoms with Gasteiger partial charge in [-0.1, -0.05) is 19.9 Å². The monoisotopic (exact) mass is 344 g/mol. The lowest BCUT2D eigenvalue weighted by Crippen LogP contribution is -2.74. The van der Waals surface area contributed by atoms with Gasteiger partial charge in [0.05, 0.1) is 11.8 Å². The molecule has 3 N–H and O–H groups in total. The number of nitrogens with one attached hydrogen (secondary N) is 1. The van der Waals surface area contributed by atoms with E-state index in [1.807, 2.05) is 45.9 Å². The van der Waals surface area contributed by atoms with Gasteiger partial charge in [-0.25, -0.2) is 4.68 Å². The van der Waals surface area contributed by atoms with Crippen LogP contribution in [0.5, 0.6) is 0 Å². The van der Waals surface area contributed by atoms with Crippen molar-refractivity contribution < 1.29 is 9.53 Å². The first-order valence-electron chi connectivity index (χ1n) is 8.35. The Bertz CT molecular complexity index is 773. The molecule has 0 spiro atoms. The molecule has 2 atom stereocenters. The predicted molar refractivity (Wildman–Crippen MR) is 93.3 cm³/mol. The van der Waals surface area contributed by atoms with E-state index >= 15 is 0 Å². The van der Waals surface area contributed by atoms with Crippen molar-refractivity contribution in [1.29, 1.82) is 0 Å². The molecule has 1 aliphatic rings. The Balaban J connectivity index is 1.79. The van der Waals surface area contributed by atoms with Crippen LogP contribution in [0.3, 0.4) is 0 Å². The maximum atomic E-state index is 12.8. The van der Waals surface area contributed by atoms with Crippen LogP contribution in [0.4, 0.5) is 5.69 Å². The Labute approximate surface area is 146 Å². The number of ether oxygens (including phenoxy) is 1. The third-order valence-corrected chi connectivity index (χ3v) is 5.30. The molecule has 1 aliphatic carbocycles. The molecule has 0 saturated heterocycles. The summed E-state index contributed by atoms with van der Waals surface area (Å²) in [6.07, 6.45) is 2.01. The molecule has 25 heavy (non-hydrogen) atoms. The quantitative estimate of drug-likeness (QED) is 0.850. The van der Waals surface area contributed by atoms with Crippen molar-refractivity contribution in [3.8, 4) is 5.69 Å². The van der Waals surface area contributed by atoms with Gasteiger partial charge in [-0.2, -0.15) is 0 Å². The highest BCUT2D eigenvalue weighted by atomic mass is 16.5. The summed E-state index contributed by atoms with van der Waals surface area (Å²) < 4.78 is 7.24. The molecule has 1 amide bonds. The first-order valence-corrected chi connectivity index (χ1v) is 8.35. The van der Waals surface area contributed by atoms with E-state index in [1.165, 1.54) is 6.33 Å². The fraction of sp³-hybridized carbons (Fsp3) is 0.529. The molecule has 0 bridgehead atoms. The lowest BCUT2D eigenvalue weighted by Gasteiger charge is -2.57. The minimum absolute atomic E-state index is 0.0111. The van der Waals surface area contributed by atoms with E-state index in [1.54, 1.807) is 4.68 Å². The summed E-state index contributed by atoms with van der Waals surface area (Å²) in [7, 11) is 0. The van der Waals surface area contributed by atoms with Crippen LogP contribution in [0.2, 0.25) is 0 Å². The number of aryl methyl sites for hydroxylation is 1. The minimum Gasteiger partial charge on any atom is -0.378 e. The largest absolute Gasteiger partial charge is 0.378 e. The molecule has 1 aromatic heterocycles. The zero-order chi connectivity index (χ0) is 18.2. The highest BCUT2D eigenvalue weighted by Gasteiger charge is 2.62. The molecule has 1 aromatic carbocycles. The number of hydrogen-bond acceptors (Lipinski definition) is 6. The zero-order valence-corrected chi connectivity index (χ0v) is 15.0. The third kappa shape index (κ3) is 2.81. The van der Waals surface area contributed by atoms with Crippen LogP contribution in [0.25, 0.3) is 5.69 Å². The van der Waals surface area contributed by atoms with Crippen molar-refractivity contribution in [2.24, 2.45) is 11.1 Å². The molecule has 1 saturated carbocycles. The number of carbonyl (C=O) groups is 1. The van der Waals surface area contributed by atoms with Gasteiger partial charge in [0, 0.05) is 24.1 Å². The lowest BCUT2D eigenvalue weighted by atomic mass is 9.54. The van der Waals surface area contributed by atoms with E-state index in [-0.39, 0.29) is 12.0 Å². The summed E-state index contributed by atoms with van der Waals surface area (Å²) in [4.78, 5) is 12.8. The van der Waals surface area contributed by atoms with E-state index < -0.39 is 11.0 Å². The molecule has 8 nitrogen and oxygen atoms in total. The Morgan fingerprint density at radius 3 is 2.84 bits per heavy atom. The van der Waals surface area contributed by atoms with Crippen molar-refractivity contribution in [1.82, 2.24) is 20.2 Å². The van der Waals surface area contributed by atoms with Crippen LogP contribution < -0.4 is 11.1 Å². The fourth-order valence-electron chi connectivity index (χ4n) is 3.27. The number of anilines is 1. The minimum atomic E-state index is -0.966. The second-order valence-corrected chi connectivity index (χ2v) is 7.05. The van der Waals surface area contributed by atoms with Crippen LogP contribution in [0.1, 0.15) is 32.8 Å². The van der Waals surface area contributed by atoms with Crippen molar-refractivity contribution >= 4 is 11.6 Å². The summed E-state index contributed by atoms with van der Waals surface area (Å²) in [5.41, 5.74) is 7.47. The lowest BCUT2D eigenvalue weighted by molar-refractivity contribution is -0.166. The van der Waals surface area contributed by atoms with Gasteiger partial charge in [0.25, 0.3) is 0 Å². The molecule has 2 unspecified atom stereocenters. The summed E-state index contributed by atoms with van der Waals surface area (Å²) >= 11 is 0. The molecule has 1 fully saturated rings. The highest BCUT2D eigenvalue weighted by Crippen LogP contribution is 2.50. The van der Waals surface area contributed by atoms with E-state index in [4.69, 9.17) is 10.5 Å². The van der Waals surface area contributed by atoms with Gasteiger partial charge < -0.3 is 15.8 Å². The normalized spacial score (nSPS) is 24.6. The number of hydrogen-bond donors (Lipinski definition) is 2. The number of nitrogens with two attached hydrogens (primary N) is 1. The number of carbonyl (C=O) groups excluding carboxylic acids is 1. The molecule has 8 heteroatoms. The Kier molecular flexibility index (Phi) is 4.34. The molecule has 0 aliphatic heterocycles. The second-order valence-electron chi connectivity index (χ2n) is 7.05. The second kappa shape index (κ2) is 6.20. The first-order chi connectivity index (χ1) is 11.8. The van der Waals surface area contributed by atoms with Crippen LogP contribution in [0, 0.1) is 12.3 Å². The van der Waals surface area contributed by atoms with Gasteiger partial charge in [0.15, 0.2) is 0 Å². The summed E-state index contributed by atoms with van der Waals surface area (Å²) in [5.74, 6) is -0.208. The number of aromatic nitrogens is 4. The smallest absolute Gasteiger partial charge is 0.245 e. The van der Waals surface area contributed by atoms with E-state index in [0.29, 0.717) is 18.7 Å². The maximum Gasteiger partial charge on any atom is 0.245 e. The number of tetrazole rings is 1. The number of nitrogens with zero attached hydrogens (tertiary/aromatic N) is 4. The predicted octanol–water partition coefficient (Wildman–Crippen LogP) is 1.44. The van der Waals surface area contributed by atoms with Gasteiger partial charge in [0.1, 0.15) is 11.9 Å². The molecule has 2 aromatic rings. The maximum absolute atomic E-state index is 12.8. The summed E-state index contributed by atoms with van der Waals surface area (Å²) in [6, 6.07) is 5.58. The zero-order valence-electron chi connectivity index (χ0n) is 15.0. The van der Waals surface area contributed by atoms with E-state index in [0.717, 1.165) is 11.3 Å². The van der Waals surface area contributed by atoms with Crippen LogP contribution in [-0.2, 0) is 9.53 Å². The van der Waals surface area contributed by atoms with Gasteiger partial charge >= 0.3 is 0 Å². The molecular weight excluding hydrogens is 320 g/mol. The van der Waals surface area contributed by atoms with E-state index in [9.17, 15) is 4.79 Å². The summed E-state index contributed by atoms with van der Waals surface area (Å²) in [6.45, 7) is 8.45. The van der Waals surface area contributed by atoms with Crippen molar-refractivity contribution in [2.45, 2.75) is 45.8 Å². The molecule has 1 heterocycles. The highest BCUT2D eigenvalue weighted by molar-refractivity contribution is 6.00. The fourth-order valence-corrected chi connectivity index (χ4v) is 3.27. The van der Waals surface area contributed by atoms with E-state index in [2.05, 4.69) is 20.8 Å². The number of rotatable bonds is 5. The van der Waals surface area contributed by atoms with Crippen LogP contribution in [-0.4, -0.2) is 44.4 Å². The van der Waals surface area contributed by atoms with Gasteiger partial charge in [-0.15, -0.1) is 5.10 Å². The van der Waals surface area contributed by atoms with Crippen LogP contribution in [0.15, 0.2) is 24.5 Å². The summed E-state index contributed by atoms with van der Waals surface area (Å²) in [5, 5.41) is 14.1. The Morgan fingerprint density at radius 1 is 1.48 bits per heavy atom. The SMILES string of the molecule is CCOC1CC(N)(C(=O)Nc2ccc(C)c(-n3cnnn3)c2)C1(C)C. The van der Waals surface area contributed by atoms with Crippen molar-refractivity contribution in [2.75, 3.05) is 11.9 Å². The van der Waals surface area contributed by atoms with Gasteiger partial charge in [-0.05, 0) is 42.0 Å². The number of amides is 1. The van der Waals surface area contributed by atoms with Gasteiger partial charge in [-0.3, -0.25) is 4.79 Å². The number of benzene rings is 1. The van der Waals surface area contributed by atoms with Gasteiger partial charge in [0.2, 0.25) is 5.91 Å². The molecular formula is C17H24N6O2. The third-order valence-electron chi connectivity index (χ3n) is 5.30. The van der Waals surface area contributed by atoms with Crippen molar-refractivity contribution in [3.63, 3.8) is 0 Å². The molecule has 134 valence electrons. The molecule has 3 rings (SSSR count). The average Bonchev–Trinajstić information content (AvgIpc) is 3.10. The van der Waals surface area contributed by atoms with Crippen molar-refractivity contribution in [3.05, 3.63) is 30.1 Å². The first kappa shape index (κ1) is 17.5. The standard InChI is InChI=1S/C17H24N6O2/c1-5-25-14-9-17(18,16(14,3)4)15(24)20-12-7-6-11(2)13(8-12)23-10-19-21-22-23/h6-8,10,14H,5,9,18H2,1-4H3,(H,20,24).